The van der Waals surface area contributed by atoms with Crippen LogP contribution in [0.3, 0.4) is 0 Å². The lowest BCUT2D eigenvalue weighted by Gasteiger charge is -2.34. The molecule has 1 aromatic carbocycles. The van der Waals surface area contributed by atoms with Crippen molar-refractivity contribution in [2.45, 2.75) is 117 Å². The molecule has 2 rings (SSSR count). The Bertz CT molecular complexity index is 1450. The highest BCUT2D eigenvalue weighted by atomic mass is 16.6. The molecule has 13 nitrogen and oxygen atoms in total. The molecule has 1 aromatic heterocycles. The van der Waals surface area contributed by atoms with E-state index in [0.29, 0.717) is 0 Å². The molecule has 0 aliphatic carbocycles. The van der Waals surface area contributed by atoms with Gasteiger partial charge in [-0.15, -0.1) is 0 Å². The Kier molecular flexibility index (Phi) is 14.9. The van der Waals surface area contributed by atoms with Crippen molar-refractivity contribution in [1.29, 1.82) is 0 Å². The molecule has 0 saturated carbocycles. The third-order valence-electron chi connectivity index (χ3n) is 8.50. The van der Waals surface area contributed by atoms with E-state index in [1.54, 1.807) is 31.7 Å². The standard InChI is InChI=1S/C36H57N5O8/c1-12-15-23(4)19-28(32(43)39(9)24(5)34(45)46)37-31(42)30(20-25-21-41(48-11)29-17-14-13-16-26(25)29)40(10)33(44)27(18-22(2)3)38-35(47)49-36(6,7)8/h13-14,16-17,21-24,27-28,30H,12,15,18-20H2,1-11H3,(H,37,42)(H,38,47)(H,45,46)/t23-,24+,27+,28+,30+/m1/s1. The van der Waals surface area contributed by atoms with Crippen LogP contribution in [0.5, 0.6) is 0 Å². The van der Waals surface area contributed by atoms with Crippen molar-refractivity contribution in [1.82, 2.24) is 25.2 Å². The lowest BCUT2D eigenvalue weighted by molar-refractivity contribution is -0.150. The van der Waals surface area contributed by atoms with Crippen molar-refractivity contribution >= 4 is 40.7 Å². The second-order valence-corrected chi connectivity index (χ2v) is 14.3. The third kappa shape index (κ3) is 11.7. The zero-order valence-corrected chi connectivity index (χ0v) is 31.0. The molecule has 4 amide bonds. The monoisotopic (exact) mass is 687 g/mol. The van der Waals surface area contributed by atoms with Crippen LogP contribution in [0.4, 0.5) is 4.79 Å². The van der Waals surface area contributed by atoms with Gasteiger partial charge in [0.15, 0.2) is 0 Å². The van der Waals surface area contributed by atoms with Crippen LogP contribution >= 0.6 is 0 Å². The number of carbonyl (C=O) groups is 5. The lowest BCUT2D eigenvalue weighted by Crippen LogP contribution is -2.59. The Labute approximate surface area is 290 Å². The number of hydrogen-bond donors (Lipinski definition) is 3. The van der Waals surface area contributed by atoms with Crippen LogP contribution in [-0.2, 0) is 30.3 Å². The molecule has 2 aromatic rings. The first-order valence-electron chi connectivity index (χ1n) is 17.0. The summed E-state index contributed by atoms with van der Waals surface area (Å²) in [6.07, 6.45) is 3.27. The predicted molar refractivity (Wildman–Crippen MR) is 188 cm³/mol. The normalized spacial score (nSPS) is 14.7. The second kappa shape index (κ2) is 17.9. The molecule has 0 radical (unpaired) electrons. The average molecular weight is 688 g/mol. The predicted octanol–water partition coefficient (Wildman–Crippen LogP) is 4.25. The van der Waals surface area contributed by atoms with Gasteiger partial charge >= 0.3 is 12.1 Å². The molecule has 0 fully saturated rings. The smallest absolute Gasteiger partial charge is 0.408 e. The maximum absolute atomic E-state index is 14.4. The van der Waals surface area contributed by atoms with E-state index in [0.717, 1.165) is 34.2 Å². The minimum atomic E-state index is -1.17. The molecule has 0 saturated heterocycles. The number of hydrogen-bond acceptors (Lipinski definition) is 7. The first-order chi connectivity index (χ1) is 22.8. The van der Waals surface area contributed by atoms with Gasteiger partial charge in [0.05, 0.1) is 5.52 Å². The molecular formula is C36H57N5O8. The first kappa shape index (κ1) is 40.9. The number of benzene rings is 1. The molecule has 0 unspecified atom stereocenters. The number of carbonyl (C=O) groups excluding carboxylic acids is 4. The first-order valence-corrected chi connectivity index (χ1v) is 17.0. The summed E-state index contributed by atoms with van der Waals surface area (Å²) < 4.78 is 7.02. The van der Waals surface area contributed by atoms with E-state index in [1.165, 1.54) is 33.0 Å². The molecule has 0 aliphatic heterocycles. The number of nitrogens with zero attached hydrogens (tertiary/aromatic N) is 3. The fourth-order valence-electron chi connectivity index (χ4n) is 5.79. The summed E-state index contributed by atoms with van der Waals surface area (Å²) in [4.78, 5) is 74.8. The van der Waals surface area contributed by atoms with Crippen LogP contribution in [0.25, 0.3) is 10.9 Å². The number of ether oxygens (including phenoxy) is 1. The molecule has 0 spiro atoms. The van der Waals surface area contributed by atoms with E-state index >= 15 is 0 Å². The van der Waals surface area contributed by atoms with E-state index in [4.69, 9.17) is 9.57 Å². The van der Waals surface area contributed by atoms with Gasteiger partial charge in [-0.2, -0.15) is 4.73 Å². The lowest BCUT2D eigenvalue weighted by atomic mass is 9.95. The molecule has 0 aliphatic rings. The van der Waals surface area contributed by atoms with Crippen LogP contribution in [-0.4, -0.2) is 100 Å². The van der Waals surface area contributed by atoms with Gasteiger partial charge in [-0.1, -0.05) is 58.7 Å². The number of nitrogens with one attached hydrogen (secondary N) is 2. The fourth-order valence-corrected chi connectivity index (χ4v) is 5.79. The van der Waals surface area contributed by atoms with Gasteiger partial charge in [0.25, 0.3) is 0 Å². The van der Waals surface area contributed by atoms with Gasteiger partial charge in [-0.05, 0) is 64.0 Å². The Morgan fingerprint density at radius 3 is 2.06 bits per heavy atom. The van der Waals surface area contributed by atoms with Gasteiger partial charge in [-0.25, -0.2) is 9.59 Å². The number of amides is 4. The summed E-state index contributed by atoms with van der Waals surface area (Å²) in [5, 5.41) is 16.0. The van der Waals surface area contributed by atoms with Gasteiger partial charge in [0.2, 0.25) is 17.7 Å². The number of likely N-dealkylation sites (N-methyl/N-ethyl adjacent to an activating group) is 2. The Morgan fingerprint density at radius 1 is 0.918 bits per heavy atom. The van der Waals surface area contributed by atoms with Gasteiger partial charge in [0.1, 0.15) is 36.9 Å². The van der Waals surface area contributed by atoms with Crippen molar-refractivity contribution in [2.75, 3.05) is 21.2 Å². The number of rotatable bonds is 17. The van der Waals surface area contributed by atoms with Crippen LogP contribution in [0.2, 0.25) is 0 Å². The minimum absolute atomic E-state index is 0.0121. The van der Waals surface area contributed by atoms with Crippen LogP contribution in [0.1, 0.15) is 86.6 Å². The fraction of sp³-hybridized carbons (Fsp3) is 0.639. The summed E-state index contributed by atoms with van der Waals surface area (Å²) in [6, 6.07) is 3.20. The highest BCUT2D eigenvalue weighted by Gasteiger charge is 2.37. The molecule has 1 heterocycles. The van der Waals surface area contributed by atoms with Crippen molar-refractivity contribution < 1.29 is 38.7 Å². The molecule has 274 valence electrons. The maximum atomic E-state index is 14.4. The Hall–Kier alpha value is -4.29. The van der Waals surface area contributed by atoms with Crippen molar-refractivity contribution in [2.24, 2.45) is 11.8 Å². The van der Waals surface area contributed by atoms with Crippen LogP contribution < -0.4 is 15.5 Å². The largest absolute Gasteiger partial charge is 0.480 e. The minimum Gasteiger partial charge on any atom is -0.480 e. The highest BCUT2D eigenvalue weighted by Crippen LogP contribution is 2.24. The molecule has 5 atom stereocenters. The highest BCUT2D eigenvalue weighted by molar-refractivity contribution is 5.95. The van der Waals surface area contributed by atoms with E-state index in [2.05, 4.69) is 10.6 Å². The number of aliphatic carboxylic acids is 1. The summed E-state index contributed by atoms with van der Waals surface area (Å²) >= 11 is 0. The zero-order valence-electron chi connectivity index (χ0n) is 31.0. The average Bonchev–Trinajstić information content (AvgIpc) is 3.37. The van der Waals surface area contributed by atoms with Gasteiger partial charge < -0.3 is 35.1 Å². The van der Waals surface area contributed by atoms with Crippen LogP contribution in [0.15, 0.2) is 30.5 Å². The third-order valence-corrected chi connectivity index (χ3v) is 8.50. The van der Waals surface area contributed by atoms with E-state index in [-0.39, 0.29) is 31.1 Å². The Morgan fingerprint density at radius 2 is 1.51 bits per heavy atom. The Balaban J connectivity index is 2.60. The quantitative estimate of drug-likeness (QED) is 0.223. The molecule has 49 heavy (non-hydrogen) atoms. The number of fused-ring (bicyclic) bond motifs is 1. The zero-order chi connectivity index (χ0) is 37.2. The van der Waals surface area contributed by atoms with E-state index < -0.39 is 59.6 Å². The second-order valence-electron chi connectivity index (χ2n) is 14.3. The number of carboxylic acids is 1. The van der Waals surface area contributed by atoms with Crippen molar-refractivity contribution in [3.8, 4) is 0 Å². The molecule has 3 N–H and O–H groups in total. The number of alkyl carbamates (subject to hydrolysis) is 1. The summed E-state index contributed by atoms with van der Waals surface area (Å²) in [6.45, 7) is 14.4. The summed E-state index contributed by atoms with van der Waals surface area (Å²) in [7, 11) is 4.43. The SMILES string of the molecule is CCC[C@@H](C)C[C@H](NC(=O)[C@H](Cc1cn(OC)c2ccccc12)N(C)C(=O)[C@H](CC(C)C)NC(=O)OC(C)(C)C)C(=O)N(C)[C@@H](C)C(=O)O. The molecular weight excluding hydrogens is 630 g/mol. The summed E-state index contributed by atoms with van der Waals surface area (Å²) in [5.41, 5.74) is 0.695. The van der Waals surface area contributed by atoms with Crippen molar-refractivity contribution in [3.63, 3.8) is 0 Å². The van der Waals surface area contributed by atoms with E-state index in [1.807, 2.05) is 52.0 Å². The van der Waals surface area contributed by atoms with E-state index in [9.17, 15) is 29.1 Å². The summed E-state index contributed by atoms with van der Waals surface area (Å²) in [5.74, 6) is -2.76. The van der Waals surface area contributed by atoms with Gasteiger partial charge in [0, 0.05) is 32.1 Å². The van der Waals surface area contributed by atoms with Gasteiger partial charge in [-0.3, -0.25) is 14.4 Å². The van der Waals surface area contributed by atoms with Crippen LogP contribution in [0, 0.1) is 11.8 Å². The number of aromatic nitrogens is 1. The topological polar surface area (TPSA) is 160 Å². The van der Waals surface area contributed by atoms with Crippen molar-refractivity contribution in [3.05, 3.63) is 36.0 Å². The molecule has 0 bridgehead atoms. The maximum Gasteiger partial charge on any atom is 0.408 e. The molecule has 13 heteroatoms. The number of carboxylic acid groups (broad SMARTS) is 1. The number of para-hydroxylation sites is 1.